The fourth-order valence-electron chi connectivity index (χ4n) is 7.38. The minimum Gasteiger partial charge on any atom is -0.440 e. The molecule has 4 nitrogen and oxygen atoms in total. The van der Waals surface area contributed by atoms with Crippen LogP contribution in [0.5, 0.6) is 0 Å². The number of para-hydroxylation sites is 2. The van der Waals surface area contributed by atoms with E-state index < -0.39 is 0 Å². The van der Waals surface area contributed by atoms with Crippen LogP contribution in [0.3, 0.4) is 0 Å². The summed E-state index contributed by atoms with van der Waals surface area (Å²) in [5.41, 5.74) is 2.17. The molecule has 1 amide bonds. The summed E-state index contributed by atoms with van der Waals surface area (Å²) in [6.45, 7) is 1.71. The van der Waals surface area contributed by atoms with E-state index in [2.05, 4.69) is 9.88 Å². The Morgan fingerprint density at radius 3 is 2.32 bits per heavy atom. The SMILES string of the molecule is O=C(CC12CC3CC(CC(C3)C1)C2)N1CCC(c2nc3ccccc3o2)CC1. The van der Waals surface area contributed by atoms with Gasteiger partial charge in [0.15, 0.2) is 11.5 Å². The van der Waals surface area contributed by atoms with Crippen molar-refractivity contribution in [1.82, 2.24) is 9.88 Å². The molecule has 4 bridgehead atoms. The van der Waals surface area contributed by atoms with Crippen LogP contribution in [0.1, 0.15) is 69.6 Å². The molecule has 0 atom stereocenters. The second kappa shape index (κ2) is 6.33. The first-order chi connectivity index (χ1) is 13.7. The van der Waals surface area contributed by atoms with Gasteiger partial charge in [-0.1, -0.05) is 12.1 Å². The lowest BCUT2D eigenvalue weighted by Crippen LogP contribution is -2.49. The number of benzene rings is 1. The number of oxazole rings is 1. The number of rotatable bonds is 3. The van der Waals surface area contributed by atoms with Crippen molar-refractivity contribution in [3.8, 4) is 0 Å². The Labute approximate surface area is 166 Å². The number of piperidine rings is 1. The number of hydrogen-bond acceptors (Lipinski definition) is 3. The van der Waals surface area contributed by atoms with E-state index >= 15 is 0 Å². The van der Waals surface area contributed by atoms with E-state index in [1.807, 2.05) is 24.3 Å². The number of carbonyl (C=O) groups excluding carboxylic acids is 1. The maximum absolute atomic E-state index is 13.2. The van der Waals surface area contributed by atoms with Gasteiger partial charge in [0.1, 0.15) is 5.52 Å². The highest BCUT2D eigenvalue weighted by molar-refractivity contribution is 5.77. The van der Waals surface area contributed by atoms with Crippen LogP contribution >= 0.6 is 0 Å². The molecule has 2 heterocycles. The number of hydrogen-bond donors (Lipinski definition) is 0. The number of amides is 1. The lowest BCUT2D eigenvalue weighted by molar-refractivity contribution is -0.140. The van der Waals surface area contributed by atoms with Crippen LogP contribution in [-0.4, -0.2) is 28.9 Å². The molecule has 5 fully saturated rings. The molecule has 1 aromatic heterocycles. The molecule has 1 aromatic carbocycles. The molecule has 1 aliphatic heterocycles. The standard InChI is InChI=1S/C24H30N2O2/c27-22(15-24-12-16-9-17(13-24)11-18(10-16)14-24)26-7-5-19(6-8-26)23-25-20-3-1-2-4-21(20)28-23/h1-4,16-19H,5-15H2. The van der Waals surface area contributed by atoms with Gasteiger partial charge < -0.3 is 9.32 Å². The molecule has 4 aliphatic carbocycles. The minimum absolute atomic E-state index is 0.344. The van der Waals surface area contributed by atoms with Gasteiger partial charge in [0, 0.05) is 25.4 Å². The van der Waals surface area contributed by atoms with Crippen molar-refractivity contribution in [2.24, 2.45) is 23.2 Å². The number of likely N-dealkylation sites (tertiary alicyclic amines) is 1. The first-order valence-electron chi connectivity index (χ1n) is 11.3. The van der Waals surface area contributed by atoms with Crippen molar-refractivity contribution in [2.75, 3.05) is 13.1 Å². The van der Waals surface area contributed by atoms with E-state index in [9.17, 15) is 4.79 Å². The average Bonchev–Trinajstić information content (AvgIpc) is 3.11. The average molecular weight is 379 g/mol. The summed E-state index contributed by atoms with van der Waals surface area (Å²) < 4.78 is 5.98. The second-order valence-electron chi connectivity index (χ2n) is 10.3. The highest BCUT2D eigenvalue weighted by Crippen LogP contribution is 2.61. The summed E-state index contributed by atoms with van der Waals surface area (Å²) in [5.74, 6) is 4.38. The van der Waals surface area contributed by atoms with Gasteiger partial charge in [0.05, 0.1) is 0 Å². The second-order valence-corrected chi connectivity index (χ2v) is 10.3. The lowest BCUT2D eigenvalue weighted by Gasteiger charge is -2.57. The quantitative estimate of drug-likeness (QED) is 0.743. The molecule has 5 aliphatic rings. The van der Waals surface area contributed by atoms with E-state index in [0.29, 0.717) is 17.2 Å². The molecular formula is C24H30N2O2. The summed E-state index contributed by atoms with van der Waals surface area (Å²) in [4.78, 5) is 20.0. The fourth-order valence-corrected chi connectivity index (χ4v) is 7.38. The van der Waals surface area contributed by atoms with Gasteiger partial charge in [-0.2, -0.15) is 0 Å². The molecule has 0 spiro atoms. The van der Waals surface area contributed by atoms with Crippen molar-refractivity contribution < 1.29 is 9.21 Å². The largest absolute Gasteiger partial charge is 0.440 e. The molecular weight excluding hydrogens is 348 g/mol. The summed E-state index contributed by atoms with van der Waals surface area (Å²) in [6, 6.07) is 7.98. The minimum atomic E-state index is 0.344. The van der Waals surface area contributed by atoms with Crippen molar-refractivity contribution in [2.45, 2.75) is 63.7 Å². The third-order valence-corrected chi connectivity index (χ3v) is 8.20. The van der Waals surface area contributed by atoms with Crippen molar-refractivity contribution in [3.63, 3.8) is 0 Å². The predicted octanol–water partition coefficient (Wildman–Crippen LogP) is 5.14. The molecule has 4 saturated carbocycles. The Bertz CT molecular complexity index is 825. The van der Waals surface area contributed by atoms with Gasteiger partial charge in [0.25, 0.3) is 0 Å². The Hall–Kier alpha value is -1.84. The number of carbonyl (C=O) groups is 1. The fraction of sp³-hybridized carbons (Fsp3) is 0.667. The van der Waals surface area contributed by atoms with E-state index in [1.54, 1.807) is 0 Å². The van der Waals surface area contributed by atoms with Crippen LogP contribution in [-0.2, 0) is 4.79 Å². The molecule has 148 valence electrons. The molecule has 1 saturated heterocycles. The van der Waals surface area contributed by atoms with E-state index in [1.165, 1.54) is 38.5 Å². The Balaban J connectivity index is 1.10. The lowest BCUT2D eigenvalue weighted by atomic mass is 9.49. The van der Waals surface area contributed by atoms with Gasteiger partial charge >= 0.3 is 0 Å². The summed E-state index contributed by atoms with van der Waals surface area (Å²) in [7, 11) is 0. The highest BCUT2D eigenvalue weighted by Gasteiger charge is 2.51. The number of aromatic nitrogens is 1. The van der Waals surface area contributed by atoms with Crippen LogP contribution in [0.25, 0.3) is 11.1 Å². The van der Waals surface area contributed by atoms with Crippen LogP contribution in [0.4, 0.5) is 0 Å². The third-order valence-electron chi connectivity index (χ3n) is 8.20. The predicted molar refractivity (Wildman–Crippen MR) is 108 cm³/mol. The molecule has 7 rings (SSSR count). The van der Waals surface area contributed by atoms with Crippen molar-refractivity contribution >= 4 is 17.0 Å². The Kier molecular flexibility index (Phi) is 3.86. The molecule has 0 N–H and O–H groups in total. The molecule has 0 unspecified atom stereocenters. The van der Waals surface area contributed by atoms with Gasteiger partial charge in [-0.25, -0.2) is 4.98 Å². The van der Waals surface area contributed by atoms with Gasteiger partial charge in [-0.15, -0.1) is 0 Å². The van der Waals surface area contributed by atoms with Crippen LogP contribution in [0, 0.1) is 23.2 Å². The molecule has 28 heavy (non-hydrogen) atoms. The first-order valence-corrected chi connectivity index (χ1v) is 11.3. The number of fused-ring (bicyclic) bond motifs is 1. The molecule has 4 heteroatoms. The highest BCUT2D eigenvalue weighted by atomic mass is 16.3. The van der Waals surface area contributed by atoms with Crippen LogP contribution in [0.15, 0.2) is 28.7 Å². The van der Waals surface area contributed by atoms with Crippen LogP contribution < -0.4 is 0 Å². The Morgan fingerprint density at radius 2 is 1.68 bits per heavy atom. The Morgan fingerprint density at radius 1 is 1.04 bits per heavy atom. The van der Waals surface area contributed by atoms with E-state index in [0.717, 1.165) is 67.1 Å². The van der Waals surface area contributed by atoms with Crippen molar-refractivity contribution in [1.29, 1.82) is 0 Å². The zero-order valence-corrected chi connectivity index (χ0v) is 16.6. The summed E-state index contributed by atoms with van der Waals surface area (Å²) >= 11 is 0. The van der Waals surface area contributed by atoms with Gasteiger partial charge in [-0.3, -0.25) is 4.79 Å². The van der Waals surface area contributed by atoms with Gasteiger partial charge in [0.2, 0.25) is 5.91 Å². The monoisotopic (exact) mass is 378 g/mol. The smallest absolute Gasteiger partial charge is 0.223 e. The van der Waals surface area contributed by atoms with Crippen LogP contribution in [0.2, 0.25) is 0 Å². The first kappa shape index (κ1) is 17.1. The zero-order chi connectivity index (χ0) is 18.7. The molecule has 2 aromatic rings. The van der Waals surface area contributed by atoms with Gasteiger partial charge in [-0.05, 0) is 86.7 Å². The zero-order valence-electron chi connectivity index (χ0n) is 16.6. The number of nitrogens with zero attached hydrogens (tertiary/aromatic N) is 2. The third kappa shape index (κ3) is 2.87. The maximum atomic E-state index is 13.2. The summed E-state index contributed by atoms with van der Waals surface area (Å²) in [5, 5.41) is 0. The topological polar surface area (TPSA) is 46.3 Å². The van der Waals surface area contributed by atoms with E-state index in [4.69, 9.17) is 4.42 Å². The summed E-state index contributed by atoms with van der Waals surface area (Å²) in [6.07, 6.45) is 11.1. The van der Waals surface area contributed by atoms with Crippen molar-refractivity contribution in [3.05, 3.63) is 30.2 Å². The molecule has 0 radical (unpaired) electrons. The normalized spacial score (nSPS) is 35.0. The van der Waals surface area contributed by atoms with E-state index in [-0.39, 0.29) is 0 Å². The maximum Gasteiger partial charge on any atom is 0.223 e.